The fourth-order valence-corrected chi connectivity index (χ4v) is 4.31. The molecule has 9 heteroatoms. The molecular weight excluding hydrogens is 434 g/mol. The fraction of sp³-hybridized carbons (Fsp3) is 0.520. The van der Waals surface area contributed by atoms with Gasteiger partial charge in [0.25, 0.3) is 0 Å². The van der Waals surface area contributed by atoms with Gasteiger partial charge in [0.1, 0.15) is 11.6 Å². The minimum absolute atomic E-state index is 0.0470. The molecule has 1 atom stereocenters. The van der Waals surface area contributed by atoms with Gasteiger partial charge in [0.2, 0.25) is 11.8 Å². The summed E-state index contributed by atoms with van der Waals surface area (Å²) in [5.74, 6) is 1.69. The van der Waals surface area contributed by atoms with Gasteiger partial charge in [-0.3, -0.25) is 9.59 Å². The van der Waals surface area contributed by atoms with Crippen LogP contribution in [0.1, 0.15) is 43.1 Å². The predicted molar refractivity (Wildman–Crippen MR) is 127 cm³/mol. The van der Waals surface area contributed by atoms with E-state index in [4.69, 9.17) is 9.26 Å². The van der Waals surface area contributed by atoms with Gasteiger partial charge in [0.15, 0.2) is 0 Å². The lowest BCUT2D eigenvalue weighted by molar-refractivity contribution is -0.139. The quantitative estimate of drug-likeness (QED) is 0.546. The smallest absolute Gasteiger partial charge is 0.242 e. The Labute approximate surface area is 199 Å². The predicted octanol–water partition coefficient (Wildman–Crippen LogP) is 3.01. The third kappa shape index (κ3) is 5.64. The summed E-state index contributed by atoms with van der Waals surface area (Å²) in [4.78, 5) is 37.4. The number of fused-ring (bicyclic) bond motifs is 1. The number of rotatable bonds is 8. The zero-order chi connectivity index (χ0) is 24.2. The molecule has 2 aromatic heterocycles. The number of nitrogens with zero attached hydrogens (tertiary/aromatic N) is 4. The first-order valence-corrected chi connectivity index (χ1v) is 11.8. The van der Waals surface area contributed by atoms with E-state index in [1.807, 2.05) is 43.0 Å². The van der Waals surface area contributed by atoms with E-state index < -0.39 is 0 Å². The third-order valence-electron chi connectivity index (χ3n) is 6.12. The first-order chi connectivity index (χ1) is 16.3. The SMILES string of the molecule is Cc1noc(C)c1COC1CN(C(=O)CCc2nc3ccccc3[nH]2)CC(=O)N(CC(C)C)C1. The van der Waals surface area contributed by atoms with E-state index in [0.717, 1.165) is 33.9 Å². The maximum absolute atomic E-state index is 13.1. The summed E-state index contributed by atoms with van der Waals surface area (Å²) in [5, 5.41) is 3.98. The second kappa shape index (κ2) is 10.4. The van der Waals surface area contributed by atoms with Crippen LogP contribution in [-0.2, 0) is 27.4 Å². The van der Waals surface area contributed by atoms with Crippen LogP contribution in [0.5, 0.6) is 0 Å². The van der Waals surface area contributed by atoms with Crippen molar-refractivity contribution in [1.29, 1.82) is 0 Å². The highest BCUT2D eigenvalue weighted by Crippen LogP contribution is 2.18. The Balaban J connectivity index is 1.43. The van der Waals surface area contributed by atoms with Crippen molar-refractivity contribution in [2.45, 2.75) is 53.2 Å². The van der Waals surface area contributed by atoms with Crippen molar-refractivity contribution in [2.24, 2.45) is 5.92 Å². The molecule has 0 bridgehead atoms. The van der Waals surface area contributed by atoms with E-state index in [2.05, 4.69) is 29.0 Å². The average Bonchev–Trinajstić information content (AvgIpc) is 3.31. The van der Waals surface area contributed by atoms with Crippen molar-refractivity contribution < 1.29 is 18.8 Å². The van der Waals surface area contributed by atoms with Gasteiger partial charge in [-0.05, 0) is 31.9 Å². The molecule has 3 aromatic rings. The van der Waals surface area contributed by atoms with Crippen LogP contribution in [0, 0.1) is 19.8 Å². The Bertz CT molecular complexity index is 1100. The van der Waals surface area contributed by atoms with Crippen molar-refractivity contribution in [2.75, 3.05) is 26.2 Å². The van der Waals surface area contributed by atoms with Gasteiger partial charge in [0.05, 0.1) is 36.0 Å². The summed E-state index contributed by atoms with van der Waals surface area (Å²) >= 11 is 0. The number of H-pyrrole nitrogens is 1. The van der Waals surface area contributed by atoms with Crippen LogP contribution in [0.4, 0.5) is 0 Å². The molecule has 1 aliphatic rings. The van der Waals surface area contributed by atoms with Crippen molar-refractivity contribution in [3.05, 3.63) is 47.1 Å². The summed E-state index contributed by atoms with van der Waals surface area (Å²) in [6.45, 7) is 9.73. The molecule has 1 aromatic carbocycles. The highest BCUT2D eigenvalue weighted by molar-refractivity contribution is 5.85. The van der Waals surface area contributed by atoms with E-state index in [9.17, 15) is 9.59 Å². The number of aromatic amines is 1. The van der Waals surface area contributed by atoms with Crippen LogP contribution >= 0.6 is 0 Å². The zero-order valence-corrected chi connectivity index (χ0v) is 20.3. The van der Waals surface area contributed by atoms with Crippen LogP contribution in [0.2, 0.25) is 0 Å². The van der Waals surface area contributed by atoms with E-state index in [1.165, 1.54) is 0 Å². The Morgan fingerprint density at radius 1 is 1.26 bits per heavy atom. The van der Waals surface area contributed by atoms with Crippen molar-refractivity contribution in [3.8, 4) is 0 Å². The number of aromatic nitrogens is 3. The summed E-state index contributed by atoms with van der Waals surface area (Å²) in [6, 6.07) is 7.79. The Hall–Kier alpha value is -3.20. The molecule has 2 amide bonds. The van der Waals surface area contributed by atoms with Crippen LogP contribution < -0.4 is 0 Å². The molecule has 0 aliphatic carbocycles. The molecule has 182 valence electrons. The molecule has 9 nitrogen and oxygen atoms in total. The molecule has 34 heavy (non-hydrogen) atoms. The number of carbonyl (C=O) groups excluding carboxylic acids is 2. The molecule has 3 heterocycles. The maximum atomic E-state index is 13.1. The number of para-hydroxylation sites is 2. The van der Waals surface area contributed by atoms with Gasteiger partial charge < -0.3 is 24.0 Å². The molecule has 0 radical (unpaired) electrons. The number of hydrogen-bond donors (Lipinski definition) is 1. The van der Waals surface area contributed by atoms with E-state index in [1.54, 1.807) is 4.90 Å². The summed E-state index contributed by atoms with van der Waals surface area (Å²) in [6.07, 6.45) is 0.459. The first-order valence-electron chi connectivity index (χ1n) is 11.8. The Kier molecular flexibility index (Phi) is 7.31. The lowest BCUT2D eigenvalue weighted by Gasteiger charge is -2.26. The van der Waals surface area contributed by atoms with Crippen LogP contribution in [0.25, 0.3) is 11.0 Å². The Morgan fingerprint density at radius 3 is 2.76 bits per heavy atom. The number of carbonyl (C=O) groups is 2. The number of hydrogen-bond acceptors (Lipinski definition) is 6. The van der Waals surface area contributed by atoms with Crippen molar-refractivity contribution >= 4 is 22.8 Å². The third-order valence-corrected chi connectivity index (χ3v) is 6.12. The second-order valence-corrected chi connectivity index (χ2v) is 9.40. The normalized spacial score (nSPS) is 17.1. The number of ether oxygens (including phenoxy) is 1. The van der Waals surface area contributed by atoms with Gasteiger partial charge in [0, 0.05) is 38.0 Å². The van der Waals surface area contributed by atoms with E-state index in [0.29, 0.717) is 38.6 Å². The number of benzene rings is 1. The number of imidazole rings is 1. The minimum atomic E-state index is -0.297. The molecule has 0 spiro atoms. The lowest BCUT2D eigenvalue weighted by atomic mass is 10.2. The first kappa shape index (κ1) is 23.9. The van der Waals surface area contributed by atoms with Crippen LogP contribution in [-0.4, -0.2) is 69.0 Å². The van der Waals surface area contributed by atoms with Crippen LogP contribution in [0.3, 0.4) is 0 Å². The highest BCUT2D eigenvalue weighted by atomic mass is 16.5. The van der Waals surface area contributed by atoms with E-state index in [-0.39, 0.29) is 30.9 Å². The summed E-state index contributed by atoms with van der Waals surface area (Å²) in [7, 11) is 0. The summed E-state index contributed by atoms with van der Waals surface area (Å²) in [5.41, 5.74) is 3.53. The fourth-order valence-electron chi connectivity index (χ4n) is 4.31. The van der Waals surface area contributed by atoms with Gasteiger partial charge in [-0.15, -0.1) is 0 Å². The molecule has 1 unspecified atom stereocenters. The monoisotopic (exact) mass is 467 g/mol. The molecule has 4 rings (SSSR count). The van der Waals surface area contributed by atoms with Gasteiger partial charge in [-0.2, -0.15) is 0 Å². The van der Waals surface area contributed by atoms with Gasteiger partial charge >= 0.3 is 0 Å². The van der Waals surface area contributed by atoms with Crippen molar-refractivity contribution in [3.63, 3.8) is 0 Å². The lowest BCUT2D eigenvalue weighted by Crippen LogP contribution is -2.40. The number of aryl methyl sites for hydroxylation is 3. The topological polar surface area (TPSA) is 105 Å². The van der Waals surface area contributed by atoms with Crippen LogP contribution in [0.15, 0.2) is 28.8 Å². The highest BCUT2D eigenvalue weighted by Gasteiger charge is 2.31. The van der Waals surface area contributed by atoms with E-state index >= 15 is 0 Å². The molecule has 1 saturated heterocycles. The van der Waals surface area contributed by atoms with Crippen molar-refractivity contribution in [1.82, 2.24) is 24.9 Å². The zero-order valence-electron chi connectivity index (χ0n) is 20.3. The molecular formula is C25H33N5O4. The minimum Gasteiger partial charge on any atom is -0.370 e. The average molecular weight is 468 g/mol. The maximum Gasteiger partial charge on any atom is 0.242 e. The van der Waals surface area contributed by atoms with Gasteiger partial charge in [-0.25, -0.2) is 4.98 Å². The number of amides is 2. The molecule has 1 fully saturated rings. The molecule has 1 aliphatic heterocycles. The standard InChI is InChI=1S/C25H33N5O4/c1-16(2)11-29-12-19(33-15-20-17(3)28-34-18(20)4)13-30(14-25(29)32)24(31)10-9-23-26-21-7-5-6-8-22(21)27-23/h5-8,16,19H,9-15H2,1-4H3,(H,26,27). The Morgan fingerprint density at radius 2 is 2.06 bits per heavy atom. The van der Waals surface area contributed by atoms with Gasteiger partial charge in [-0.1, -0.05) is 31.1 Å². The summed E-state index contributed by atoms with van der Waals surface area (Å²) < 4.78 is 11.4. The molecule has 1 N–H and O–H groups in total. The molecule has 0 saturated carbocycles. The number of nitrogens with one attached hydrogen (secondary N) is 1. The largest absolute Gasteiger partial charge is 0.370 e. The second-order valence-electron chi connectivity index (χ2n) is 9.40.